The number of hydrogen-bond donors (Lipinski definition) is 0. The maximum absolute atomic E-state index is 12.6. The van der Waals surface area contributed by atoms with Crippen LogP contribution in [-0.2, 0) is 14.6 Å². The van der Waals surface area contributed by atoms with Gasteiger partial charge in [0.1, 0.15) is 0 Å². The van der Waals surface area contributed by atoms with E-state index in [0.29, 0.717) is 5.56 Å². The molecule has 0 bridgehead atoms. The van der Waals surface area contributed by atoms with Crippen LogP contribution in [0.4, 0.5) is 0 Å². The average Bonchev–Trinajstić information content (AvgIpc) is 2.33. The van der Waals surface area contributed by atoms with E-state index in [1.807, 2.05) is 0 Å². The summed E-state index contributed by atoms with van der Waals surface area (Å²) in [5.41, 5.74) is 1.53. The molecule has 0 N–H and O–H groups in total. The van der Waals surface area contributed by atoms with E-state index in [0.717, 1.165) is 24.8 Å². The lowest BCUT2D eigenvalue weighted by molar-refractivity contribution is 0.108. The van der Waals surface area contributed by atoms with E-state index in [4.69, 9.17) is 16.3 Å². The molecular formula is C15H19ClO4S. The van der Waals surface area contributed by atoms with Crippen molar-refractivity contribution < 1.29 is 17.9 Å². The van der Waals surface area contributed by atoms with Gasteiger partial charge in [-0.1, -0.05) is 12.5 Å². The maximum atomic E-state index is 12.6. The Morgan fingerprint density at radius 2 is 2.05 bits per heavy atom. The van der Waals surface area contributed by atoms with Gasteiger partial charge in [0.05, 0.1) is 17.3 Å². The molecule has 0 heterocycles. The number of methoxy groups -OCH3 is 1. The third-order valence-corrected chi connectivity index (χ3v) is 6.13. The van der Waals surface area contributed by atoms with E-state index < -0.39 is 15.1 Å². The molecule has 0 aromatic heterocycles. The topological polar surface area (TPSA) is 60.4 Å². The Morgan fingerprint density at radius 1 is 1.38 bits per heavy atom. The zero-order valence-electron chi connectivity index (χ0n) is 12.2. The van der Waals surface area contributed by atoms with Gasteiger partial charge in [-0.2, -0.15) is 0 Å². The van der Waals surface area contributed by atoms with Gasteiger partial charge in [0, 0.05) is 12.7 Å². The highest BCUT2D eigenvalue weighted by molar-refractivity contribution is 7.91. The van der Waals surface area contributed by atoms with Gasteiger partial charge in [-0.25, -0.2) is 8.42 Å². The Kier molecular flexibility index (Phi) is 5.07. The van der Waals surface area contributed by atoms with Crippen LogP contribution < -0.4 is 0 Å². The lowest BCUT2D eigenvalue weighted by atomic mass is 9.79. The first-order chi connectivity index (χ1) is 9.88. The number of carbonyl (C=O) groups is 1. The zero-order chi connectivity index (χ0) is 15.6. The molecule has 0 radical (unpaired) electrons. The third-order valence-electron chi connectivity index (χ3n) is 4.06. The summed E-state index contributed by atoms with van der Waals surface area (Å²) in [4.78, 5) is 11.7. The molecule has 1 aliphatic carbocycles. The van der Waals surface area contributed by atoms with Crippen molar-refractivity contribution in [3.63, 3.8) is 0 Å². The number of ether oxygens (including phenoxy) is 1. The van der Waals surface area contributed by atoms with E-state index in [-0.39, 0.29) is 28.7 Å². The van der Waals surface area contributed by atoms with Crippen molar-refractivity contribution in [3.8, 4) is 0 Å². The number of rotatable bonds is 6. The highest BCUT2D eigenvalue weighted by atomic mass is 35.5. The molecule has 6 heteroatoms. The Labute approximate surface area is 130 Å². The van der Waals surface area contributed by atoms with Crippen molar-refractivity contribution in [3.05, 3.63) is 28.8 Å². The van der Waals surface area contributed by atoms with E-state index in [1.54, 1.807) is 19.1 Å². The molecule has 1 aromatic rings. The molecule has 0 amide bonds. The molecule has 0 saturated heterocycles. The summed E-state index contributed by atoms with van der Waals surface area (Å²) in [6, 6.07) is 3.37. The number of sulfone groups is 1. The first kappa shape index (κ1) is 16.5. The minimum Gasteiger partial charge on any atom is -0.384 e. The number of hydrogen-bond acceptors (Lipinski definition) is 4. The fraction of sp³-hybridized carbons (Fsp3) is 0.533. The molecule has 21 heavy (non-hydrogen) atoms. The summed E-state index contributed by atoms with van der Waals surface area (Å²) < 4.78 is 30.1. The van der Waals surface area contributed by atoms with Crippen LogP contribution in [0.25, 0.3) is 0 Å². The second kappa shape index (κ2) is 6.46. The normalized spacial score (nSPS) is 15.8. The quantitative estimate of drug-likeness (QED) is 0.752. The van der Waals surface area contributed by atoms with Crippen LogP contribution in [0.5, 0.6) is 0 Å². The lowest BCUT2D eigenvalue weighted by Gasteiger charge is -2.29. The molecule has 116 valence electrons. The van der Waals surface area contributed by atoms with Gasteiger partial charge in [-0.15, -0.1) is 0 Å². The van der Waals surface area contributed by atoms with Crippen molar-refractivity contribution in [2.45, 2.75) is 37.0 Å². The van der Waals surface area contributed by atoms with Gasteiger partial charge in [0.15, 0.2) is 9.84 Å². The van der Waals surface area contributed by atoms with Gasteiger partial charge in [0.2, 0.25) is 0 Å². The molecule has 1 fully saturated rings. The molecule has 1 aromatic carbocycles. The summed E-state index contributed by atoms with van der Waals surface area (Å²) in [5.74, 6) is 0.166. The van der Waals surface area contributed by atoms with E-state index >= 15 is 0 Å². The molecule has 2 rings (SSSR count). The molecule has 1 aliphatic rings. The summed E-state index contributed by atoms with van der Waals surface area (Å²) in [5, 5.41) is -0.629. The maximum Gasteiger partial charge on any atom is 0.252 e. The number of carbonyl (C=O) groups excluding carboxylic acids is 1. The fourth-order valence-corrected chi connectivity index (χ4v) is 4.64. The predicted octanol–water partition coefficient (Wildman–Crippen LogP) is 3.06. The largest absolute Gasteiger partial charge is 0.384 e. The van der Waals surface area contributed by atoms with Crippen LogP contribution in [0.15, 0.2) is 17.0 Å². The third kappa shape index (κ3) is 3.30. The average molecular weight is 331 g/mol. The lowest BCUT2D eigenvalue weighted by Crippen LogP contribution is -2.20. The summed E-state index contributed by atoms with van der Waals surface area (Å²) in [7, 11) is -2.03. The van der Waals surface area contributed by atoms with Crippen LogP contribution >= 0.6 is 11.6 Å². The van der Waals surface area contributed by atoms with Crippen LogP contribution in [0, 0.1) is 6.92 Å². The van der Waals surface area contributed by atoms with Crippen molar-refractivity contribution >= 4 is 26.7 Å². The highest BCUT2D eigenvalue weighted by Crippen LogP contribution is 2.41. The van der Waals surface area contributed by atoms with Gasteiger partial charge in [-0.05, 0) is 54.5 Å². The Balaban J connectivity index is 2.58. The number of benzene rings is 1. The SMILES string of the molecule is COCCS(=O)(=O)c1c(C2CCC2)ccc(C(=O)Cl)c1C. The predicted molar refractivity (Wildman–Crippen MR) is 81.9 cm³/mol. The minimum absolute atomic E-state index is 0.0933. The van der Waals surface area contributed by atoms with Crippen LogP contribution in [0.3, 0.4) is 0 Å². The van der Waals surface area contributed by atoms with Crippen molar-refractivity contribution in [2.75, 3.05) is 19.5 Å². The summed E-state index contributed by atoms with van der Waals surface area (Å²) in [6.07, 6.45) is 3.08. The summed E-state index contributed by atoms with van der Waals surface area (Å²) >= 11 is 5.56. The smallest absolute Gasteiger partial charge is 0.252 e. The first-order valence-corrected chi connectivity index (χ1v) is 8.96. The highest BCUT2D eigenvalue weighted by Gasteiger charge is 2.30. The molecular weight excluding hydrogens is 312 g/mol. The molecule has 0 atom stereocenters. The zero-order valence-corrected chi connectivity index (χ0v) is 13.8. The van der Waals surface area contributed by atoms with E-state index in [2.05, 4.69) is 0 Å². The van der Waals surface area contributed by atoms with Crippen molar-refractivity contribution in [1.82, 2.24) is 0 Å². The standard InChI is InChI=1S/C15H19ClO4S/c1-10-12(15(16)17)6-7-13(11-4-3-5-11)14(10)21(18,19)9-8-20-2/h6-7,11H,3-5,8-9H2,1-2H3. The molecule has 0 spiro atoms. The van der Waals surface area contributed by atoms with Crippen molar-refractivity contribution in [1.29, 1.82) is 0 Å². The summed E-state index contributed by atoms with van der Waals surface area (Å²) in [6.45, 7) is 1.78. The second-order valence-corrected chi connectivity index (χ2v) is 7.76. The minimum atomic E-state index is -3.50. The van der Waals surface area contributed by atoms with Crippen molar-refractivity contribution in [2.24, 2.45) is 0 Å². The van der Waals surface area contributed by atoms with E-state index in [1.165, 1.54) is 7.11 Å². The Morgan fingerprint density at radius 3 is 2.52 bits per heavy atom. The van der Waals surface area contributed by atoms with Crippen LogP contribution in [0.1, 0.15) is 46.7 Å². The van der Waals surface area contributed by atoms with Gasteiger partial charge in [0.25, 0.3) is 5.24 Å². The Hall–Kier alpha value is -0.910. The van der Waals surface area contributed by atoms with Crippen LogP contribution in [-0.4, -0.2) is 33.1 Å². The monoisotopic (exact) mass is 330 g/mol. The first-order valence-electron chi connectivity index (χ1n) is 6.93. The van der Waals surface area contributed by atoms with Gasteiger partial charge >= 0.3 is 0 Å². The molecule has 4 nitrogen and oxygen atoms in total. The second-order valence-electron chi connectivity index (χ2n) is 5.37. The number of halogens is 1. The van der Waals surface area contributed by atoms with Gasteiger partial charge in [-0.3, -0.25) is 4.79 Å². The molecule has 0 aliphatic heterocycles. The van der Waals surface area contributed by atoms with E-state index in [9.17, 15) is 13.2 Å². The van der Waals surface area contributed by atoms with Crippen LogP contribution in [0.2, 0.25) is 0 Å². The molecule has 0 unspecified atom stereocenters. The van der Waals surface area contributed by atoms with Gasteiger partial charge < -0.3 is 4.74 Å². The fourth-order valence-electron chi connectivity index (χ4n) is 2.67. The molecule has 1 saturated carbocycles. The Bertz CT molecular complexity index is 648.